The van der Waals surface area contributed by atoms with E-state index in [4.69, 9.17) is 0 Å². The highest BCUT2D eigenvalue weighted by Crippen LogP contribution is 2.32. The highest BCUT2D eigenvalue weighted by molar-refractivity contribution is 6.07. The lowest BCUT2D eigenvalue weighted by Crippen LogP contribution is -2.53. The van der Waals surface area contributed by atoms with Gasteiger partial charge in [0.2, 0.25) is 5.91 Å². The second-order valence-electron chi connectivity index (χ2n) is 8.57. The number of imide groups is 1. The number of carbonyl (C=O) groups is 3. The van der Waals surface area contributed by atoms with Gasteiger partial charge < -0.3 is 10.6 Å². The van der Waals surface area contributed by atoms with Crippen LogP contribution in [0.15, 0.2) is 0 Å². The van der Waals surface area contributed by atoms with Gasteiger partial charge >= 0.3 is 6.03 Å². The Balaban J connectivity index is 1.47. The first-order valence-corrected chi connectivity index (χ1v) is 10.8. The van der Waals surface area contributed by atoms with Crippen molar-refractivity contribution < 1.29 is 14.4 Å². The summed E-state index contributed by atoms with van der Waals surface area (Å²) in [6.07, 6.45) is 6.71. The maximum atomic E-state index is 13.0. The van der Waals surface area contributed by atoms with Crippen molar-refractivity contribution >= 4 is 17.8 Å². The molecule has 0 aromatic heterocycles. The highest BCUT2D eigenvalue weighted by atomic mass is 16.2. The predicted molar refractivity (Wildman–Crippen MR) is 107 cm³/mol. The molecule has 0 aromatic rings. The van der Waals surface area contributed by atoms with Gasteiger partial charge in [0.05, 0.1) is 13.2 Å². The first-order chi connectivity index (χ1) is 13.4. The van der Waals surface area contributed by atoms with Crippen molar-refractivity contribution in [3.8, 4) is 0 Å². The zero-order valence-electron chi connectivity index (χ0n) is 17.3. The van der Waals surface area contributed by atoms with E-state index in [2.05, 4.69) is 27.4 Å². The Morgan fingerprint density at radius 1 is 1.07 bits per heavy atom. The average Bonchev–Trinajstić information content (AvgIpc) is 2.84. The van der Waals surface area contributed by atoms with Crippen molar-refractivity contribution in [2.24, 2.45) is 0 Å². The summed E-state index contributed by atoms with van der Waals surface area (Å²) in [5, 5.41) is 6.00. The van der Waals surface area contributed by atoms with Gasteiger partial charge in [-0.15, -0.1) is 0 Å². The molecule has 3 rings (SSSR count). The second kappa shape index (κ2) is 9.22. The van der Waals surface area contributed by atoms with E-state index >= 15 is 0 Å². The van der Waals surface area contributed by atoms with Crippen LogP contribution in [0.5, 0.6) is 0 Å². The largest absolute Gasteiger partial charge is 0.353 e. The molecule has 8 heteroatoms. The molecule has 4 amide bonds. The zero-order chi connectivity index (χ0) is 20.1. The van der Waals surface area contributed by atoms with Gasteiger partial charge in [-0.3, -0.25) is 19.4 Å². The molecule has 0 radical (unpaired) electrons. The second-order valence-corrected chi connectivity index (χ2v) is 8.57. The van der Waals surface area contributed by atoms with E-state index in [0.717, 1.165) is 71.1 Å². The number of nitrogens with one attached hydrogen (secondary N) is 2. The third-order valence-corrected chi connectivity index (χ3v) is 6.40. The molecule has 2 saturated heterocycles. The Labute approximate surface area is 168 Å². The van der Waals surface area contributed by atoms with Gasteiger partial charge in [0.15, 0.2) is 0 Å². The molecule has 1 unspecified atom stereocenters. The highest BCUT2D eigenvalue weighted by Gasteiger charge is 2.51. The molecule has 28 heavy (non-hydrogen) atoms. The number of piperazine rings is 1. The van der Waals surface area contributed by atoms with Gasteiger partial charge in [0.1, 0.15) is 5.54 Å². The Morgan fingerprint density at radius 2 is 1.68 bits per heavy atom. The number of carbonyl (C=O) groups excluding carboxylic acids is 3. The summed E-state index contributed by atoms with van der Waals surface area (Å²) in [5.41, 5.74) is -0.663. The SMILES string of the molecule is CCC(C)NC(=O)CN1CCN(CN2C(=O)NC3(CCCCCC3)C2=O)CC1. The maximum Gasteiger partial charge on any atom is 0.326 e. The summed E-state index contributed by atoms with van der Waals surface area (Å²) in [7, 11) is 0. The molecule has 0 aromatic carbocycles. The molecule has 158 valence electrons. The van der Waals surface area contributed by atoms with E-state index in [0.29, 0.717) is 13.2 Å². The Kier molecular flexibility index (Phi) is 6.93. The average molecular weight is 394 g/mol. The van der Waals surface area contributed by atoms with E-state index in [9.17, 15) is 14.4 Å². The summed E-state index contributed by atoms with van der Waals surface area (Å²) < 4.78 is 0. The van der Waals surface area contributed by atoms with E-state index in [-0.39, 0.29) is 23.9 Å². The molecular weight excluding hydrogens is 358 g/mol. The molecule has 2 N–H and O–H groups in total. The summed E-state index contributed by atoms with van der Waals surface area (Å²) in [5.74, 6) is 0.0157. The van der Waals surface area contributed by atoms with Crippen LogP contribution in [0, 0.1) is 0 Å². The Morgan fingerprint density at radius 3 is 2.29 bits per heavy atom. The van der Waals surface area contributed by atoms with Crippen LogP contribution in [0.2, 0.25) is 0 Å². The Bertz CT molecular complexity index is 580. The van der Waals surface area contributed by atoms with E-state index in [1.807, 2.05) is 6.92 Å². The van der Waals surface area contributed by atoms with Gasteiger partial charge in [-0.05, 0) is 26.2 Å². The molecule has 1 aliphatic carbocycles. The van der Waals surface area contributed by atoms with Crippen molar-refractivity contribution in [2.45, 2.75) is 70.4 Å². The van der Waals surface area contributed by atoms with Crippen LogP contribution < -0.4 is 10.6 Å². The number of nitrogens with zero attached hydrogens (tertiary/aromatic N) is 3. The molecule has 1 saturated carbocycles. The normalized spacial score (nSPS) is 24.9. The van der Waals surface area contributed by atoms with Gasteiger partial charge in [0.25, 0.3) is 5.91 Å². The Hall–Kier alpha value is -1.67. The molecule has 2 aliphatic heterocycles. The molecule has 1 atom stereocenters. The van der Waals surface area contributed by atoms with Gasteiger partial charge in [-0.1, -0.05) is 32.6 Å². The third-order valence-electron chi connectivity index (χ3n) is 6.40. The van der Waals surface area contributed by atoms with Gasteiger partial charge in [0, 0.05) is 32.2 Å². The number of rotatable bonds is 6. The zero-order valence-corrected chi connectivity index (χ0v) is 17.3. The van der Waals surface area contributed by atoms with Crippen LogP contribution in [0.25, 0.3) is 0 Å². The first-order valence-electron chi connectivity index (χ1n) is 10.8. The minimum atomic E-state index is -0.663. The fourth-order valence-electron chi connectivity index (χ4n) is 4.39. The summed E-state index contributed by atoms with van der Waals surface area (Å²) >= 11 is 0. The molecule has 2 heterocycles. The van der Waals surface area contributed by atoms with Crippen molar-refractivity contribution in [1.82, 2.24) is 25.3 Å². The van der Waals surface area contributed by atoms with E-state index in [1.165, 1.54) is 4.90 Å². The van der Waals surface area contributed by atoms with Crippen molar-refractivity contribution in [2.75, 3.05) is 39.4 Å². The van der Waals surface area contributed by atoms with Crippen LogP contribution in [-0.4, -0.2) is 83.5 Å². The smallest absolute Gasteiger partial charge is 0.326 e. The van der Waals surface area contributed by atoms with Crippen molar-refractivity contribution in [1.29, 1.82) is 0 Å². The lowest BCUT2D eigenvalue weighted by atomic mass is 9.90. The predicted octanol–water partition coefficient (Wildman–Crippen LogP) is 1.12. The minimum absolute atomic E-state index is 0.0465. The number of amides is 4. The van der Waals surface area contributed by atoms with Crippen LogP contribution in [0.3, 0.4) is 0 Å². The quantitative estimate of drug-likeness (QED) is 0.661. The molecule has 8 nitrogen and oxygen atoms in total. The lowest BCUT2D eigenvalue weighted by Gasteiger charge is -2.36. The molecule has 0 bridgehead atoms. The van der Waals surface area contributed by atoms with Gasteiger partial charge in [-0.25, -0.2) is 9.69 Å². The molecule has 3 fully saturated rings. The van der Waals surface area contributed by atoms with Gasteiger partial charge in [-0.2, -0.15) is 0 Å². The van der Waals surface area contributed by atoms with Crippen LogP contribution in [0.1, 0.15) is 58.8 Å². The summed E-state index contributed by atoms with van der Waals surface area (Å²) in [6.45, 7) is 7.85. The summed E-state index contributed by atoms with van der Waals surface area (Å²) in [6, 6.07) is -0.0490. The van der Waals surface area contributed by atoms with Crippen LogP contribution in [-0.2, 0) is 9.59 Å². The minimum Gasteiger partial charge on any atom is -0.353 e. The number of hydrogen-bond acceptors (Lipinski definition) is 5. The number of urea groups is 1. The van der Waals surface area contributed by atoms with Crippen molar-refractivity contribution in [3.05, 3.63) is 0 Å². The number of hydrogen-bond donors (Lipinski definition) is 2. The summed E-state index contributed by atoms with van der Waals surface area (Å²) in [4.78, 5) is 43.2. The standard InChI is InChI=1S/C20H35N5O3/c1-3-16(2)21-17(26)14-23-10-12-24(13-11-23)15-25-18(27)20(22-19(25)28)8-6-4-5-7-9-20/h16H,3-15H2,1-2H3,(H,21,26)(H,22,28). The topological polar surface area (TPSA) is 85.0 Å². The fourth-order valence-corrected chi connectivity index (χ4v) is 4.39. The molecule has 3 aliphatic rings. The van der Waals surface area contributed by atoms with E-state index in [1.54, 1.807) is 0 Å². The van der Waals surface area contributed by atoms with Crippen LogP contribution >= 0.6 is 0 Å². The lowest BCUT2D eigenvalue weighted by molar-refractivity contribution is -0.133. The first kappa shape index (κ1) is 21.0. The third kappa shape index (κ3) is 4.84. The van der Waals surface area contributed by atoms with Crippen molar-refractivity contribution in [3.63, 3.8) is 0 Å². The molecule has 1 spiro atoms. The van der Waals surface area contributed by atoms with Crippen LogP contribution in [0.4, 0.5) is 4.79 Å². The molecular formula is C20H35N5O3. The fraction of sp³-hybridized carbons (Fsp3) is 0.850. The van der Waals surface area contributed by atoms with E-state index < -0.39 is 5.54 Å². The monoisotopic (exact) mass is 393 g/mol. The maximum absolute atomic E-state index is 13.0.